The minimum atomic E-state index is -0.349. The number of amides is 1. The second kappa shape index (κ2) is 8.90. The number of nitrogens with one attached hydrogen (secondary N) is 1. The molecule has 4 heterocycles. The summed E-state index contributed by atoms with van der Waals surface area (Å²) in [4.78, 5) is 24.4. The molecule has 2 aliphatic heterocycles. The fraction of sp³-hybridized carbons (Fsp3) is 0.360. The fourth-order valence-corrected chi connectivity index (χ4v) is 4.17. The summed E-state index contributed by atoms with van der Waals surface area (Å²) in [5, 5.41) is 7.62. The molecular weight excluding hydrogens is 432 g/mol. The summed E-state index contributed by atoms with van der Waals surface area (Å²) in [6, 6.07) is 9.77. The number of pyridine rings is 1. The van der Waals surface area contributed by atoms with E-state index in [1.807, 2.05) is 24.9 Å². The van der Waals surface area contributed by atoms with E-state index in [4.69, 9.17) is 9.47 Å². The van der Waals surface area contributed by atoms with E-state index in [1.54, 1.807) is 23.0 Å². The quantitative estimate of drug-likeness (QED) is 0.591. The normalized spacial score (nSPS) is 17.5. The standard InChI is InChI=1S/C25H28N6O3/c1-15(2)17-5-6-20-22(13-17)31-7-8-33-9-10-34-24-19(14-26-30(24)4)21-12-18(11-16(3)27-21)23(32)29-25(31)28-20/h5-6,11-15H,7-10H2,1-4H3,(H,28,29,32). The van der Waals surface area contributed by atoms with Gasteiger partial charge in [-0.15, -0.1) is 0 Å². The van der Waals surface area contributed by atoms with Crippen molar-refractivity contribution >= 4 is 23.2 Å². The number of aromatic nitrogens is 3. The fourth-order valence-electron chi connectivity index (χ4n) is 4.17. The number of guanidine groups is 1. The van der Waals surface area contributed by atoms with Crippen molar-refractivity contribution in [2.24, 2.45) is 12.0 Å². The molecule has 176 valence electrons. The highest BCUT2D eigenvalue weighted by atomic mass is 16.5. The van der Waals surface area contributed by atoms with E-state index in [2.05, 4.69) is 46.4 Å². The average Bonchev–Trinajstić information content (AvgIpc) is 3.34. The van der Waals surface area contributed by atoms with Gasteiger partial charge < -0.3 is 19.7 Å². The lowest BCUT2D eigenvalue weighted by atomic mass is 10.0. The summed E-state index contributed by atoms with van der Waals surface area (Å²) in [6.07, 6.45) is 1.69. The number of hydrogen-bond acceptors (Lipinski definition) is 7. The molecule has 0 saturated carbocycles. The Bertz CT molecular complexity index is 1280. The first-order chi connectivity index (χ1) is 16.4. The Morgan fingerprint density at radius 2 is 1.97 bits per heavy atom. The predicted molar refractivity (Wildman–Crippen MR) is 131 cm³/mol. The van der Waals surface area contributed by atoms with E-state index in [1.165, 1.54) is 5.56 Å². The summed E-state index contributed by atoms with van der Waals surface area (Å²) >= 11 is 0. The van der Waals surface area contributed by atoms with Crippen LogP contribution in [-0.4, -0.2) is 53.0 Å². The average molecular weight is 461 g/mol. The summed E-state index contributed by atoms with van der Waals surface area (Å²) < 4.78 is 13.5. The molecule has 5 rings (SSSR count). The van der Waals surface area contributed by atoms with Crippen molar-refractivity contribution in [1.82, 2.24) is 14.8 Å². The lowest BCUT2D eigenvalue weighted by Gasteiger charge is -2.19. The van der Waals surface area contributed by atoms with Crippen molar-refractivity contribution in [3.05, 3.63) is 53.3 Å². The Labute approximate surface area is 198 Å². The Kier molecular flexibility index (Phi) is 5.79. The molecule has 2 aliphatic rings. The molecule has 0 aliphatic carbocycles. The zero-order valence-corrected chi connectivity index (χ0v) is 19.8. The molecule has 1 N–H and O–H groups in total. The van der Waals surface area contributed by atoms with E-state index < -0.39 is 0 Å². The van der Waals surface area contributed by atoms with Crippen molar-refractivity contribution in [1.29, 1.82) is 0 Å². The third-order valence-corrected chi connectivity index (χ3v) is 5.98. The Morgan fingerprint density at radius 3 is 2.79 bits per heavy atom. The number of ether oxygens (including phenoxy) is 2. The lowest BCUT2D eigenvalue weighted by Crippen LogP contribution is -2.34. The molecule has 1 aromatic carbocycles. The summed E-state index contributed by atoms with van der Waals surface area (Å²) in [5.74, 6) is 1.12. The molecule has 2 aromatic heterocycles. The molecule has 0 saturated heterocycles. The van der Waals surface area contributed by atoms with Gasteiger partial charge in [0, 0.05) is 24.8 Å². The van der Waals surface area contributed by atoms with Crippen LogP contribution in [-0.2, 0) is 11.8 Å². The zero-order valence-electron chi connectivity index (χ0n) is 19.8. The third-order valence-electron chi connectivity index (χ3n) is 5.98. The van der Waals surface area contributed by atoms with Crippen molar-refractivity contribution in [2.75, 3.05) is 36.6 Å². The summed E-state index contributed by atoms with van der Waals surface area (Å²) in [5.41, 5.74) is 5.64. The molecule has 0 fully saturated rings. The number of fused-ring (bicyclic) bond motifs is 7. The van der Waals surface area contributed by atoms with Crippen LogP contribution >= 0.6 is 0 Å². The van der Waals surface area contributed by atoms with Crippen LogP contribution in [0.2, 0.25) is 0 Å². The largest absolute Gasteiger partial charge is 0.475 e. The molecule has 0 spiro atoms. The van der Waals surface area contributed by atoms with Gasteiger partial charge in [0.25, 0.3) is 5.91 Å². The van der Waals surface area contributed by atoms with E-state index in [0.29, 0.717) is 61.1 Å². The molecule has 1 amide bonds. The number of hydrogen-bond donors (Lipinski definition) is 1. The van der Waals surface area contributed by atoms with Crippen molar-refractivity contribution in [3.8, 4) is 17.1 Å². The van der Waals surface area contributed by atoms with E-state index in [0.717, 1.165) is 16.9 Å². The van der Waals surface area contributed by atoms with E-state index in [-0.39, 0.29) is 5.91 Å². The van der Waals surface area contributed by atoms with Gasteiger partial charge in [0.05, 0.1) is 42.0 Å². The van der Waals surface area contributed by atoms with Crippen molar-refractivity contribution < 1.29 is 14.3 Å². The number of anilines is 2. The highest BCUT2D eigenvalue weighted by Crippen LogP contribution is 2.35. The number of carbonyl (C=O) groups excluding carboxylic acids is 1. The van der Waals surface area contributed by atoms with Gasteiger partial charge in [-0.2, -0.15) is 10.1 Å². The number of carbonyl (C=O) groups is 1. The zero-order chi connectivity index (χ0) is 23.8. The molecule has 0 unspecified atom stereocenters. The van der Waals surface area contributed by atoms with Gasteiger partial charge in [0.15, 0.2) is 0 Å². The maximum Gasteiger partial charge on any atom is 0.280 e. The molecular formula is C25H28N6O3. The molecule has 9 heteroatoms. The molecule has 9 nitrogen and oxygen atoms in total. The van der Waals surface area contributed by atoms with Gasteiger partial charge in [-0.05, 0) is 42.7 Å². The Hall–Kier alpha value is -3.72. The molecule has 3 aromatic rings. The van der Waals surface area contributed by atoms with Crippen LogP contribution in [0.1, 0.15) is 41.4 Å². The first kappa shape index (κ1) is 22.1. The van der Waals surface area contributed by atoms with Crippen LogP contribution in [0, 0.1) is 6.92 Å². The van der Waals surface area contributed by atoms with Gasteiger partial charge in [0.1, 0.15) is 6.61 Å². The smallest absolute Gasteiger partial charge is 0.280 e. The van der Waals surface area contributed by atoms with E-state index >= 15 is 0 Å². The second-order valence-electron chi connectivity index (χ2n) is 8.78. The lowest BCUT2D eigenvalue weighted by molar-refractivity contribution is 0.100. The minimum absolute atomic E-state index is 0.349. The van der Waals surface area contributed by atoms with E-state index in [9.17, 15) is 4.79 Å². The second-order valence-corrected chi connectivity index (χ2v) is 8.78. The summed E-state index contributed by atoms with van der Waals surface area (Å²) in [7, 11) is 1.81. The predicted octanol–water partition coefficient (Wildman–Crippen LogP) is 3.75. The highest BCUT2D eigenvalue weighted by Gasteiger charge is 2.27. The van der Waals surface area contributed by atoms with Crippen LogP contribution in [0.15, 0.2) is 41.5 Å². The number of benzene rings is 1. The molecule has 2 bridgehead atoms. The van der Waals surface area contributed by atoms with Crippen LogP contribution in [0.25, 0.3) is 11.3 Å². The number of aryl methyl sites for hydroxylation is 2. The monoisotopic (exact) mass is 460 g/mol. The van der Waals surface area contributed by atoms with Crippen LogP contribution < -0.4 is 15.0 Å². The SMILES string of the molecule is Cc1cc2cc(n1)-c1cnn(C)c1OCCOCCN1/C(=N/C2=O)Nc2ccc(C(C)C)cc21. The van der Waals surface area contributed by atoms with Crippen LogP contribution in [0.3, 0.4) is 0 Å². The van der Waals surface area contributed by atoms with Crippen molar-refractivity contribution in [2.45, 2.75) is 26.7 Å². The van der Waals surface area contributed by atoms with Gasteiger partial charge in [-0.1, -0.05) is 19.9 Å². The van der Waals surface area contributed by atoms with Gasteiger partial charge in [-0.3, -0.25) is 9.78 Å². The van der Waals surface area contributed by atoms with Crippen molar-refractivity contribution in [3.63, 3.8) is 0 Å². The first-order valence-corrected chi connectivity index (χ1v) is 11.4. The molecule has 34 heavy (non-hydrogen) atoms. The molecule has 0 atom stereocenters. The van der Waals surface area contributed by atoms with Gasteiger partial charge in [0.2, 0.25) is 11.8 Å². The third kappa shape index (κ3) is 4.14. The highest BCUT2D eigenvalue weighted by molar-refractivity contribution is 6.19. The minimum Gasteiger partial charge on any atom is -0.475 e. The van der Waals surface area contributed by atoms with Gasteiger partial charge in [-0.25, -0.2) is 4.68 Å². The van der Waals surface area contributed by atoms with Crippen LogP contribution in [0.5, 0.6) is 5.88 Å². The topological polar surface area (TPSA) is 93.9 Å². The van der Waals surface area contributed by atoms with Gasteiger partial charge >= 0.3 is 0 Å². The summed E-state index contributed by atoms with van der Waals surface area (Å²) in [6.45, 7) is 7.97. The Morgan fingerprint density at radius 1 is 1.12 bits per heavy atom. The number of nitrogens with zero attached hydrogens (tertiary/aromatic N) is 5. The maximum atomic E-state index is 13.3. The Balaban J connectivity index is 1.57. The first-order valence-electron chi connectivity index (χ1n) is 11.4. The maximum absolute atomic E-state index is 13.3. The number of rotatable bonds is 1. The van der Waals surface area contributed by atoms with Crippen LogP contribution in [0.4, 0.5) is 11.4 Å². The molecule has 0 radical (unpaired) electrons. The number of aliphatic imine (C=N–C) groups is 1.